The topological polar surface area (TPSA) is 53.1 Å². The Kier molecular flexibility index (Phi) is 5.56. The Labute approximate surface area is 107 Å². The molecule has 0 amide bonds. The first kappa shape index (κ1) is 13.6. The second kappa shape index (κ2) is 6.96. The minimum Gasteiger partial charge on any atom is -0.390 e. The molecule has 0 fully saturated rings. The van der Waals surface area contributed by atoms with Crippen LogP contribution in [0.4, 0.5) is 5.82 Å². The van der Waals surface area contributed by atoms with Crippen LogP contribution < -0.4 is 10.6 Å². The van der Waals surface area contributed by atoms with Gasteiger partial charge in [-0.05, 0) is 6.92 Å². The minimum atomic E-state index is 0.435. The van der Waals surface area contributed by atoms with Crippen molar-refractivity contribution in [2.75, 3.05) is 32.5 Å². The Bertz CT molecular complexity index is 378. The van der Waals surface area contributed by atoms with E-state index in [1.807, 2.05) is 25.2 Å². The Hall–Kier alpha value is -1.49. The summed E-state index contributed by atoms with van der Waals surface area (Å²) in [7, 11) is 4.00. The van der Waals surface area contributed by atoms with Crippen molar-refractivity contribution in [2.45, 2.75) is 6.92 Å². The number of halogens is 1. The highest BCUT2D eigenvalue weighted by atomic mass is 35.5. The van der Waals surface area contributed by atoms with Crippen LogP contribution in [0.3, 0.4) is 0 Å². The van der Waals surface area contributed by atoms with Crippen LogP contribution in [-0.2, 0) is 0 Å². The molecule has 1 rings (SSSR count). The van der Waals surface area contributed by atoms with E-state index in [0.29, 0.717) is 17.5 Å². The van der Waals surface area contributed by atoms with E-state index in [4.69, 9.17) is 11.6 Å². The molecule has 0 saturated heterocycles. The van der Waals surface area contributed by atoms with Crippen molar-refractivity contribution in [3.8, 4) is 0 Å². The molecule has 17 heavy (non-hydrogen) atoms. The van der Waals surface area contributed by atoms with Crippen LogP contribution in [0.1, 0.15) is 6.92 Å². The van der Waals surface area contributed by atoms with Gasteiger partial charge in [-0.25, -0.2) is 9.97 Å². The largest absolute Gasteiger partial charge is 0.390 e. The van der Waals surface area contributed by atoms with E-state index in [1.54, 1.807) is 6.07 Å². The van der Waals surface area contributed by atoms with E-state index >= 15 is 0 Å². The molecule has 1 aromatic rings. The molecular weight excluding hydrogens is 238 g/mol. The summed E-state index contributed by atoms with van der Waals surface area (Å²) in [6.45, 7) is 3.63. The van der Waals surface area contributed by atoms with Crippen LogP contribution >= 0.6 is 11.6 Å². The molecule has 6 heteroatoms. The molecule has 1 heterocycles. The van der Waals surface area contributed by atoms with Crippen LogP contribution in [0.25, 0.3) is 0 Å². The summed E-state index contributed by atoms with van der Waals surface area (Å²) >= 11 is 5.78. The Morgan fingerprint density at radius 2 is 2.24 bits per heavy atom. The summed E-state index contributed by atoms with van der Waals surface area (Å²) in [5.41, 5.74) is 1.13. The van der Waals surface area contributed by atoms with Gasteiger partial charge in [-0.1, -0.05) is 11.6 Å². The second-order valence-electron chi connectivity index (χ2n) is 3.67. The fourth-order valence-corrected chi connectivity index (χ4v) is 1.32. The first-order chi connectivity index (χ1) is 8.13. The Balaban J connectivity index is 2.58. The van der Waals surface area contributed by atoms with Gasteiger partial charge in [0.25, 0.3) is 0 Å². The van der Waals surface area contributed by atoms with E-state index in [-0.39, 0.29) is 0 Å². The zero-order valence-electron chi connectivity index (χ0n) is 10.4. The number of nitrogens with one attached hydrogen (secondary N) is 2. The number of aromatic nitrogens is 2. The van der Waals surface area contributed by atoms with Crippen molar-refractivity contribution in [1.29, 1.82) is 0 Å². The molecule has 0 radical (unpaired) electrons. The van der Waals surface area contributed by atoms with Gasteiger partial charge in [-0.2, -0.15) is 0 Å². The predicted molar refractivity (Wildman–Crippen MR) is 71.0 cm³/mol. The average Bonchev–Trinajstić information content (AvgIpc) is 2.28. The minimum absolute atomic E-state index is 0.435. The molecule has 0 aliphatic heterocycles. The molecule has 5 nitrogen and oxygen atoms in total. The van der Waals surface area contributed by atoms with Crippen LogP contribution in [0, 0.1) is 0 Å². The van der Waals surface area contributed by atoms with Crippen molar-refractivity contribution >= 4 is 17.4 Å². The summed E-state index contributed by atoms with van der Waals surface area (Å²) in [6, 6.07) is 1.70. The summed E-state index contributed by atoms with van der Waals surface area (Å²) in [5.74, 6) is 0.717. The third-order valence-electron chi connectivity index (χ3n) is 2.13. The number of likely N-dealkylation sites (N-methyl/N-ethyl adjacent to an activating group) is 1. The van der Waals surface area contributed by atoms with Crippen LogP contribution in [0.15, 0.2) is 24.3 Å². The van der Waals surface area contributed by atoms with E-state index < -0.39 is 0 Å². The van der Waals surface area contributed by atoms with Crippen LogP contribution in [0.2, 0.25) is 5.15 Å². The van der Waals surface area contributed by atoms with Crippen molar-refractivity contribution in [3.63, 3.8) is 0 Å². The van der Waals surface area contributed by atoms with Gasteiger partial charge >= 0.3 is 0 Å². The van der Waals surface area contributed by atoms with Crippen molar-refractivity contribution in [1.82, 2.24) is 20.2 Å². The average molecular weight is 256 g/mol. The summed E-state index contributed by atoms with van der Waals surface area (Å²) < 4.78 is 0. The van der Waals surface area contributed by atoms with E-state index in [9.17, 15) is 0 Å². The Morgan fingerprint density at radius 3 is 2.82 bits per heavy atom. The number of nitrogens with zero attached hydrogens (tertiary/aromatic N) is 3. The lowest BCUT2D eigenvalue weighted by atomic mass is 10.4. The molecule has 94 valence electrons. The lowest BCUT2D eigenvalue weighted by Crippen LogP contribution is -2.22. The van der Waals surface area contributed by atoms with Gasteiger partial charge < -0.3 is 15.5 Å². The molecule has 0 aliphatic rings. The highest BCUT2D eigenvalue weighted by molar-refractivity contribution is 6.29. The zero-order valence-corrected chi connectivity index (χ0v) is 11.1. The summed E-state index contributed by atoms with van der Waals surface area (Å²) in [5, 5.41) is 6.80. The van der Waals surface area contributed by atoms with Crippen LogP contribution in [-0.4, -0.2) is 42.1 Å². The van der Waals surface area contributed by atoms with Crippen molar-refractivity contribution in [3.05, 3.63) is 29.4 Å². The van der Waals surface area contributed by atoms with Crippen molar-refractivity contribution < 1.29 is 0 Å². The number of hydrogen-bond acceptors (Lipinski definition) is 5. The molecule has 0 atom stereocenters. The Morgan fingerprint density at radius 1 is 1.47 bits per heavy atom. The van der Waals surface area contributed by atoms with Crippen molar-refractivity contribution in [2.24, 2.45) is 0 Å². The summed E-state index contributed by atoms with van der Waals surface area (Å²) in [4.78, 5) is 9.95. The van der Waals surface area contributed by atoms with E-state index in [2.05, 4.69) is 27.5 Å². The molecule has 0 aromatic carbocycles. The quantitative estimate of drug-likeness (QED) is 0.756. The van der Waals surface area contributed by atoms with Gasteiger partial charge in [-0.3, -0.25) is 0 Å². The van der Waals surface area contributed by atoms with E-state index in [1.165, 1.54) is 6.33 Å². The molecule has 0 saturated carbocycles. The maximum atomic E-state index is 5.78. The standard InChI is InChI=1S/C11H18ClN5/c1-4-13-6-9(17(2)3)7-14-11-5-10(12)15-8-16-11/h5-6,8,13H,4,7H2,1-3H3,(H,14,15,16)/b9-6-. The van der Waals surface area contributed by atoms with Crippen LogP contribution in [0.5, 0.6) is 0 Å². The third-order valence-corrected chi connectivity index (χ3v) is 2.34. The molecule has 0 bridgehead atoms. The molecular formula is C11H18ClN5. The maximum Gasteiger partial charge on any atom is 0.134 e. The molecule has 1 aromatic heterocycles. The van der Waals surface area contributed by atoms with Gasteiger partial charge in [0.05, 0.1) is 6.54 Å². The van der Waals surface area contributed by atoms with Gasteiger partial charge in [0.2, 0.25) is 0 Å². The first-order valence-electron chi connectivity index (χ1n) is 5.44. The smallest absolute Gasteiger partial charge is 0.134 e. The van der Waals surface area contributed by atoms with Gasteiger partial charge in [0, 0.05) is 38.6 Å². The third kappa shape index (κ3) is 4.91. The SMILES string of the molecule is CCN/C=C(/CNc1cc(Cl)ncn1)N(C)C. The predicted octanol–water partition coefficient (Wildman–Crippen LogP) is 1.55. The van der Waals surface area contributed by atoms with Gasteiger partial charge in [0.15, 0.2) is 0 Å². The normalized spacial score (nSPS) is 11.2. The second-order valence-corrected chi connectivity index (χ2v) is 4.05. The first-order valence-corrected chi connectivity index (χ1v) is 5.82. The zero-order chi connectivity index (χ0) is 12.7. The number of hydrogen-bond donors (Lipinski definition) is 2. The van der Waals surface area contributed by atoms with Gasteiger partial charge in [0.1, 0.15) is 17.3 Å². The number of rotatable bonds is 6. The highest BCUT2D eigenvalue weighted by Gasteiger charge is 2.01. The monoisotopic (exact) mass is 255 g/mol. The molecule has 0 spiro atoms. The highest BCUT2D eigenvalue weighted by Crippen LogP contribution is 2.09. The number of anilines is 1. The molecule has 0 aliphatic carbocycles. The lowest BCUT2D eigenvalue weighted by Gasteiger charge is -2.18. The summed E-state index contributed by atoms with van der Waals surface area (Å²) in [6.07, 6.45) is 3.42. The van der Waals surface area contributed by atoms with E-state index in [0.717, 1.165) is 12.2 Å². The van der Waals surface area contributed by atoms with Gasteiger partial charge in [-0.15, -0.1) is 0 Å². The fourth-order valence-electron chi connectivity index (χ4n) is 1.17. The molecule has 2 N–H and O–H groups in total. The maximum absolute atomic E-state index is 5.78. The fraction of sp³-hybridized carbons (Fsp3) is 0.455. The lowest BCUT2D eigenvalue weighted by molar-refractivity contribution is 0.501. The molecule has 0 unspecified atom stereocenters.